The van der Waals surface area contributed by atoms with Crippen molar-refractivity contribution in [3.63, 3.8) is 0 Å². The summed E-state index contributed by atoms with van der Waals surface area (Å²) < 4.78 is 5.29. The number of hydrogen-bond acceptors (Lipinski definition) is 3. The molecule has 1 unspecified atom stereocenters. The molecule has 0 saturated carbocycles. The second-order valence-corrected chi connectivity index (χ2v) is 6.37. The zero-order valence-electron chi connectivity index (χ0n) is 15.0. The Morgan fingerprint density at radius 2 is 1.59 bits per heavy atom. The van der Waals surface area contributed by atoms with Crippen LogP contribution in [0.2, 0.25) is 0 Å². The van der Waals surface area contributed by atoms with Gasteiger partial charge in [0.2, 0.25) is 0 Å². The molecule has 0 N–H and O–H groups in total. The molecule has 0 bridgehead atoms. The zero-order valence-corrected chi connectivity index (χ0v) is 15.0. The summed E-state index contributed by atoms with van der Waals surface area (Å²) in [6, 6.07) is 27.2. The van der Waals surface area contributed by atoms with E-state index < -0.39 is 5.92 Å². The molecule has 3 nitrogen and oxygen atoms in total. The summed E-state index contributed by atoms with van der Waals surface area (Å²) in [6.45, 7) is 0. The Bertz CT molecular complexity index is 1080. The van der Waals surface area contributed by atoms with Gasteiger partial charge in [-0.3, -0.25) is 9.78 Å². The number of aromatic nitrogens is 1. The molecule has 0 aliphatic carbocycles. The predicted molar refractivity (Wildman–Crippen MR) is 107 cm³/mol. The van der Waals surface area contributed by atoms with Gasteiger partial charge < -0.3 is 4.74 Å². The smallest absolute Gasteiger partial charge is 0.174 e. The first-order valence-electron chi connectivity index (χ1n) is 8.85. The van der Waals surface area contributed by atoms with Crippen LogP contribution < -0.4 is 4.74 Å². The van der Waals surface area contributed by atoms with Crippen LogP contribution in [0, 0.1) is 0 Å². The third-order valence-electron chi connectivity index (χ3n) is 4.72. The monoisotopic (exact) mass is 353 g/mol. The van der Waals surface area contributed by atoms with E-state index in [-0.39, 0.29) is 5.78 Å². The van der Waals surface area contributed by atoms with E-state index in [0.717, 1.165) is 22.0 Å². The molecular weight excluding hydrogens is 334 g/mol. The number of rotatable bonds is 5. The zero-order chi connectivity index (χ0) is 18.6. The minimum atomic E-state index is -0.418. The molecule has 3 heteroatoms. The molecule has 4 aromatic rings. The van der Waals surface area contributed by atoms with E-state index in [1.54, 1.807) is 13.3 Å². The highest BCUT2D eigenvalue weighted by Gasteiger charge is 2.26. The highest BCUT2D eigenvalue weighted by molar-refractivity contribution is 6.05. The maximum atomic E-state index is 13.5. The van der Waals surface area contributed by atoms with Gasteiger partial charge in [-0.15, -0.1) is 0 Å². The Hall–Kier alpha value is -3.46. The van der Waals surface area contributed by atoms with Gasteiger partial charge in [0.15, 0.2) is 5.78 Å². The summed E-state index contributed by atoms with van der Waals surface area (Å²) >= 11 is 0. The molecule has 0 saturated heterocycles. The number of ether oxygens (including phenoxy) is 1. The molecule has 1 heterocycles. The average molecular weight is 353 g/mol. The van der Waals surface area contributed by atoms with Gasteiger partial charge in [-0.2, -0.15) is 0 Å². The Labute approximate surface area is 158 Å². The summed E-state index contributed by atoms with van der Waals surface area (Å²) in [5, 5.41) is 0.952. The molecule has 3 aromatic carbocycles. The van der Waals surface area contributed by atoms with Crippen molar-refractivity contribution in [3.05, 3.63) is 108 Å². The first kappa shape index (κ1) is 17.0. The number of benzene rings is 3. The lowest BCUT2D eigenvalue weighted by atomic mass is 9.84. The second kappa shape index (κ2) is 7.42. The van der Waals surface area contributed by atoms with E-state index in [2.05, 4.69) is 4.98 Å². The van der Waals surface area contributed by atoms with Gasteiger partial charge in [-0.1, -0.05) is 78.9 Å². The quantitative estimate of drug-likeness (QED) is 0.460. The standard InChI is InChI=1S/C24H19NO2/c1-27-20-15-19-13-8-14-21(23(19)25-16-20)22(17-9-4-2-5-10-17)24(26)18-11-6-3-7-12-18/h2-16,22H,1H3. The topological polar surface area (TPSA) is 39.2 Å². The van der Waals surface area contributed by atoms with Crippen molar-refractivity contribution in [2.75, 3.05) is 7.11 Å². The molecule has 1 atom stereocenters. The Kier molecular flexibility index (Phi) is 4.67. The van der Waals surface area contributed by atoms with Crippen LogP contribution in [-0.2, 0) is 0 Å². The molecule has 0 amide bonds. The largest absolute Gasteiger partial charge is 0.495 e. The first-order valence-corrected chi connectivity index (χ1v) is 8.85. The number of Topliss-reactive ketones (excluding diaryl/α,β-unsaturated/α-hetero) is 1. The number of hydrogen-bond donors (Lipinski definition) is 0. The second-order valence-electron chi connectivity index (χ2n) is 6.37. The minimum Gasteiger partial charge on any atom is -0.495 e. The van der Waals surface area contributed by atoms with Gasteiger partial charge in [0.05, 0.1) is 24.7 Å². The number of ketones is 1. The van der Waals surface area contributed by atoms with Gasteiger partial charge in [-0.05, 0) is 17.2 Å². The van der Waals surface area contributed by atoms with Gasteiger partial charge in [0, 0.05) is 10.9 Å². The highest BCUT2D eigenvalue weighted by Crippen LogP contribution is 2.33. The summed E-state index contributed by atoms with van der Waals surface area (Å²) in [7, 11) is 1.62. The van der Waals surface area contributed by atoms with Crippen LogP contribution in [0.4, 0.5) is 0 Å². The van der Waals surface area contributed by atoms with Gasteiger partial charge >= 0.3 is 0 Å². The number of pyridine rings is 1. The maximum absolute atomic E-state index is 13.5. The molecule has 0 radical (unpaired) electrons. The van der Waals surface area contributed by atoms with Crippen LogP contribution in [-0.4, -0.2) is 17.9 Å². The third kappa shape index (κ3) is 3.32. The van der Waals surface area contributed by atoms with E-state index >= 15 is 0 Å². The summed E-state index contributed by atoms with van der Waals surface area (Å²) in [5.74, 6) is 0.343. The lowest BCUT2D eigenvalue weighted by molar-refractivity contribution is 0.0974. The van der Waals surface area contributed by atoms with Crippen LogP contribution in [0.15, 0.2) is 91.1 Å². The van der Waals surface area contributed by atoms with Crippen LogP contribution in [0.25, 0.3) is 10.9 Å². The minimum absolute atomic E-state index is 0.0620. The number of carbonyl (C=O) groups excluding carboxylic acids is 1. The molecular formula is C24H19NO2. The normalized spacial score (nSPS) is 11.9. The third-order valence-corrected chi connectivity index (χ3v) is 4.72. The highest BCUT2D eigenvalue weighted by atomic mass is 16.5. The van der Waals surface area contributed by atoms with Crippen molar-refractivity contribution >= 4 is 16.7 Å². The first-order chi connectivity index (χ1) is 13.3. The molecule has 27 heavy (non-hydrogen) atoms. The van der Waals surface area contributed by atoms with E-state index in [9.17, 15) is 4.79 Å². The number of methoxy groups -OCH3 is 1. The molecule has 4 rings (SSSR count). The summed E-state index contributed by atoms with van der Waals surface area (Å²) in [4.78, 5) is 18.1. The predicted octanol–water partition coefficient (Wildman–Crippen LogP) is 5.26. The number of fused-ring (bicyclic) bond motifs is 1. The fraction of sp³-hybridized carbons (Fsp3) is 0.0833. The van der Waals surface area contributed by atoms with E-state index in [0.29, 0.717) is 11.3 Å². The molecule has 1 aromatic heterocycles. The van der Waals surface area contributed by atoms with Crippen molar-refractivity contribution in [2.24, 2.45) is 0 Å². The Morgan fingerprint density at radius 1 is 0.889 bits per heavy atom. The Morgan fingerprint density at radius 3 is 2.30 bits per heavy atom. The van der Waals surface area contributed by atoms with Crippen LogP contribution in [0.5, 0.6) is 5.75 Å². The number of nitrogens with zero attached hydrogens (tertiary/aromatic N) is 1. The van der Waals surface area contributed by atoms with Crippen molar-refractivity contribution in [3.8, 4) is 5.75 Å². The van der Waals surface area contributed by atoms with E-state index in [1.807, 2.05) is 84.9 Å². The van der Waals surface area contributed by atoms with Crippen molar-refractivity contribution in [1.29, 1.82) is 0 Å². The summed E-state index contributed by atoms with van der Waals surface area (Å²) in [5.41, 5.74) is 3.36. The fourth-order valence-electron chi connectivity index (χ4n) is 3.40. The average Bonchev–Trinajstić information content (AvgIpc) is 2.75. The SMILES string of the molecule is COc1cnc2c(C(C(=O)c3ccccc3)c3ccccc3)cccc2c1. The van der Waals surface area contributed by atoms with Crippen LogP contribution in [0.3, 0.4) is 0 Å². The van der Waals surface area contributed by atoms with Gasteiger partial charge in [-0.25, -0.2) is 0 Å². The molecule has 0 fully saturated rings. The van der Waals surface area contributed by atoms with Gasteiger partial charge in [0.1, 0.15) is 5.75 Å². The lowest BCUT2D eigenvalue weighted by Crippen LogP contribution is -2.15. The fourth-order valence-corrected chi connectivity index (χ4v) is 3.40. The van der Waals surface area contributed by atoms with Crippen molar-refractivity contribution in [2.45, 2.75) is 5.92 Å². The van der Waals surface area contributed by atoms with E-state index in [1.165, 1.54) is 0 Å². The van der Waals surface area contributed by atoms with Crippen LogP contribution in [0.1, 0.15) is 27.4 Å². The lowest BCUT2D eigenvalue weighted by Gasteiger charge is -2.19. The van der Waals surface area contributed by atoms with Crippen molar-refractivity contribution < 1.29 is 9.53 Å². The molecule has 0 spiro atoms. The van der Waals surface area contributed by atoms with E-state index in [4.69, 9.17) is 4.74 Å². The molecule has 0 aliphatic heterocycles. The number of carbonyl (C=O) groups is 1. The number of para-hydroxylation sites is 1. The molecule has 0 aliphatic rings. The van der Waals surface area contributed by atoms with Crippen molar-refractivity contribution in [1.82, 2.24) is 4.98 Å². The maximum Gasteiger partial charge on any atom is 0.174 e. The summed E-state index contributed by atoms with van der Waals surface area (Å²) in [6.07, 6.45) is 1.70. The van der Waals surface area contributed by atoms with Gasteiger partial charge in [0.25, 0.3) is 0 Å². The Balaban J connectivity index is 1.92. The van der Waals surface area contributed by atoms with Crippen LogP contribution >= 0.6 is 0 Å². The molecule has 132 valence electrons.